The van der Waals surface area contributed by atoms with Crippen molar-refractivity contribution in [2.24, 2.45) is 0 Å². The summed E-state index contributed by atoms with van der Waals surface area (Å²) in [5.41, 5.74) is 1.79. The van der Waals surface area contributed by atoms with Crippen molar-refractivity contribution in [1.29, 1.82) is 0 Å². The van der Waals surface area contributed by atoms with Crippen molar-refractivity contribution in [1.82, 2.24) is 4.31 Å². The molecule has 1 aliphatic heterocycles. The van der Waals surface area contributed by atoms with Crippen molar-refractivity contribution in [3.63, 3.8) is 0 Å². The van der Waals surface area contributed by atoms with Gasteiger partial charge in [-0.15, -0.1) is 0 Å². The fourth-order valence-corrected chi connectivity index (χ4v) is 4.76. The van der Waals surface area contributed by atoms with E-state index in [0.29, 0.717) is 18.8 Å². The molecule has 1 fully saturated rings. The molecule has 0 aromatic heterocycles. The Kier molecular flexibility index (Phi) is 6.33. The maximum Gasteiger partial charge on any atom is 0.243 e. The van der Waals surface area contributed by atoms with Gasteiger partial charge in [0.05, 0.1) is 38.2 Å². The summed E-state index contributed by atoms with van der Waals surface area (Å²) in [6.45, 7) is 4.77. The van der Waals surface area contributed by atoms with Crippen LogP contribution in [-0.4, -0.2) is 51.9 Å². The quantitative estimate of drug-likeness (QED) is 0.744. The number of amides is 1. The lowest BCUT2D eigenvalue weighted by Crippen LogP contribution is -3.13. The average molecular weight is 405 g/mol. The number of hydrogen-bond donors (Lipinski definition) is 2. The van der Waals surface area contributed by atoms with Crippen LogP contribution in [0.1, 0.15) is 12.5 Å². The van der Waals surface area contributed by atoms with Crippen LogP contribution in [0.25, 0.3) is 0 Å². The molecule has 0 spiro atoms. The highest BCUT2D eigenvalue weighted by Gasteiger charge is 2.30. The first-order valence-corrected chi connectivity index (χ1v) is 10.7. The molecule has 7 nitrogen and oxygen atoms in total. The highest BCUT2D eigenvalue weighted by atomic mass is 32.2. The van der Waals surface area contributed by atoms with E-state index in [9.17, 15) is 13.2 Å². The van der Waals surface area contributed by atoms with E-state index in [2.05, 4.69) is 5.32 Å². The van der Waals surface area contributed by atoms with Gasteiger partial charge in [-0.2, -0.15) is 4.31 Å². The molecule has 0 unspecified atom stereocenters. The maximum absolute atomic E-state index is 12.9. The smallest absolute Gasteiger partial charge is 0.243 e. The third-order valence-corrected chi connectivity index (χ3v) is 6.77. The maximum atomic E-state index is 12.9. The topological polar surface area (TPSA) is 80.2 Å². The molecule has 8 heteroatoms. The number of carbonyl (C=O) groups is 1. The number of methoxy groups -OCH3 is 1. The monoisotopic (exact) mass is 404 g/mol. The Balaban J connectivity index is 1.59. The minimum atomic E-state index is -3.52. The summed E-state index contributed by atoms with van der Waals surface area (Å²) < 4.78 is 32.5. The lowest BCUT2D eigenvalue weighted by Gasteiger charge is -2.31. The number of quaternary nitrogens is 1. The van der Waals surface area contributed by atoms with E-state index in [4.69, 9.17) is 4.74 Å². The highest BCUT2D eigenvalue weighted by molar-refractivity contribution is 7.89. The molecular formula is C20H26N3O4S+. The summed E-state index contributed by atoms with van der Waals surface area (Å²) in [5, 5.41) is 2.64. The number of carbonyl (C=O) groups excluding carboxylic acids is 1. The van der Waals surface area contributed by atoms with Gasteiger partial charge in [0.2, 0.25) is 15.9 Å². The van der Waals surface area contributed by atoms with Gasteiger partial charge in [-0.1, -0.05) is 0 Å². The molecule has 0 bridgehead atoms. The lowest BCUT2D eigenvalue weighted by molar-refractivity contribution is -0.917. The zero-order valence-electron chi connectivity index (χ0n) is 16.1. The third kappa shape index (κ3) is 4.89. The standard InChI is InChI=1S/C20H25N3O4S/c1-16(24)21-18-5-9-20(10-6-18)28(25,26)23-13-11-22(12-14-23)15-17-3-7-19(27-2)8-4-17/h3-10H,11-15H2,1-2H3,(H,21,24)/p+1. The Labute approximate surface area is 166 Å². The van der Waals surface area contributed by atoms with Crippen molar-refractivity contribution < 1.29 is 22.8 Å². The first-order chi connectivity index (χ1) is 13.4. The van der Waals surface area contributed by atoms with Crippen LogP contribution < -0.4 is 15.0 Å². The molecular weight excluding hydrogens is 378 g/mol. The van der Waals surface area contributed by atoms with Crippen LogP contribution in [0.4, 0.5) is 5.69 Å². The fourth-order valence-electron chi connectivity index (χ4n) is 3.31. The zero-order chi connectivity index (χ0) is 20.1. The molecule has 1 saturated heterocycles. The fraction of sp³-hybridized carbons (Fsp3) is 0.350. The normalized spacial score (nSPS) is 15.9. The number of nitrogens with zero attached hydrogens (tertiary/aromatic N) is 1. The van der Waals surface area contributed by atoms with E-state index in [1.807, 2.05) is 24.3 Å². The van der Waals surface area contributed by atoms with Gasteiger partial charge in [0.25, 0.3) is 0 Å². The van der Waals surface area contributed by atoms with Crippen LogP contribution >= 0.6 is 0 Å². The van der Waals surface area contributed by atoms with E-state index < -0.39 is 10.0 Å². The number of sulfonamides is 1. The van der Waals surface area contributed by atoms with Gasteiger partial charge in [-0.3, -0.25) is 4.79 Å². The van der Waals surface area contributed by atoms with Crippen molar-refractivity contribution in [3.8, 4) is 5.75 Å². The summed E-state index contributed by atoms with van der Waals surface area (Å²) >= 11 is 0. The Morgan fingerprint density at radius 2 is 1.68 bits per heavy atom. The number of hydrogen-bond acceptors (Lipinski definition) is 4. The van der Waals surface area contributed by atoms with Gasteiger partial charge in [0.15, 0.2) is 0 Å². The second-order valence-electron chi connectivity index (χ2n) is 6.88. The highest BCUT2D eigenvalue weighted by Crippen LogP contribution is 2.18. The van der Waals surface area contributed by atoms with Crippen LogP contribution in [0.2, 0.25) is 0 Å². The first kappa shape index (κ1) is 20.3. The number of nitrogens with one attached hydrogen (secondary N) is 2. The van der Waals surface area contributed by atoms with Crippen molar-refractivity contribution in [2.45, 2.75) is 18.4 Å². The molecule has 150 valence electrons. The second kappa shape index (κ2) is 8.72. The summed E-state index contributed by atoms with van der Waals surface area (Å²) in [6, 6.07) is 14.3. The number of anilines is 1. The van der Waals surface area contributed by atoms with E-state index >= 15 is 0 Å². The van der Waals surface area contributed by atoms with Gasteiger partial charge >= 0.3 is 0 Å². The number of ether oxygens (including phenoxy) is 1. The largest absolute Gasteiger partial charge is 0.497 e. The predicted molar refractivity (Wildman–Crippen MR) is 107 cm³/mol. The summed E-state index contributed by atoms with van der Waals surface area (Å²) in [6.07, 6.45) is 0. The van der Waals surface area contributed by atoms with Crippen molar-refractivity contribution in [2.75, 3.05) is 38.6 Å². The Morgan fingerprint density at radius 1 is 1.07 bits per heavy atom. The molecule has 0 saturated carbocycles. The minimum absolute atomic E-state index is 0.188. The predicted octanol–water partition coefficient (Wildman–Crippen LogP) is 0.743. The van der Waals surface area contributed by atoms with E-state index in [-0.39, 0.29) is 10.8 Å². The molecule has 2 aromatic carbocycles. The molecule has 28 heavy (non-hydrogen) atoms. The minimum Gasteiger partial charge on any atom is -0.497 e. The van der Waals surface area contributed by atoms with Crippen LogP contribution in [0.5, 0.6) is 5.75 Å². The lowest BCUT2D eigenvalue weighted by atomic mass is 10.2. The van der Waals surface area contributed by atoms with E-state index in [1.54, 1.807) is 19.2 Å². The number of rotatable bonds is 6. The third-order valence-electron chi connectivity index (χ3n) is 4.86. The van der Waals surface area contributed by atoms with Gasteiger partial charge in [-0.25, -0.2) is 8.42 Å². The summed E-state index contributed by atoms with van der Waals surface area (Å²) in [5.74, 6) is 0.644. The average Bonchev–Trinajstić information content (AvgIpc) is 2.69. The van der Waals surface area contributed by atoms with Gasteiger partial charge in [0.1, 0.15) is 12.3 Å². The van der Waals surface area contributed by atoms with Crippen LogP contribution in [-0.2, 0) is 21.4 Å². The molecule has 3 rings (SSSR count). The first-order valence-electron chi connectivity index (χ1n) is 9.23. The van der Waals surface area contributed by atoms with Crippen LogP contribution in [0.15, 0.2) is 53.4 Å². The Bertz CT molecular complexity index is 903. The summed E-state index contributed by atoms with van der Waals surface area (Å²) in [4.78, 5) is 12.7. The van der Waals surface area contributed by atoms with Gasteiger partial charge in [-0.05, 0) is 48.5 Å². The van der Waals surface area contributed by atoms with Crippen LogP contribution in [0.3, 0.4) is 0 Å². The molecule has 1 aliphatic rings. The molecule has 0 atom stereocenters. The molecule has 1 heterocycles. The second-order valence-corrected chi connectivity index (χ2v) is 8.82. The van der Waals surface area contributed by atoms with Crippen LogP contribution in [0, 0.1) is 0 Å². The van der Waals surface area contributed by atoms with Crippen molar-refractivity contribution in [3.05, 3.63) is 54.1 Å². The molecule has 2 aromatic rings. The number of piperazine rings is 1. The Morgan fingerprint density at radius 3 is 2.21 bits per heavy atom. The van der Waals surface area contributed by atoms with Crippen molar-refractivity contribution >= 4 is 21.6 Å². The van der Waals surface area contributed by atoms with E-state index in [1.165, 1.54) is 33.8 Å². The molecule has 0 radical (unpaired) electrons. The molecule has 0 aliphatic carbocycles. The summed E-state index contributed by atoms with van der Waals surface area (Å²) in [7, 11) is -1.88. The Hall–Kier alpha value is -2.42. The molecule has 2 N–H and O–H groups in total. The zero-order valence-corrected chi connectivity index (χ0v) is 17.0. The molecule has 1 amide bonds. The number of benzene rings is 2. The van der Waals surface area contributed by atoms with E-state index in [0.717, 1.165) is 25.4 Å². The van der Waals surface area contributed by atoms with Gasteiger partial charge < -0.3 is 15.0 Å². The SMILES string of the molecule is COc1ccc(C[NH+]2CCN(S(=O)(=O)c3ccc(NC(C)=O)cc3)CC2)cc1. The van der Waals surface area contributed by atoms with Gasteiger partial charge in [0, 0.05) is 18.2 Å².